The Bertz CT molecular complexity index is 629. The van der Waals surface area contributed by atoms with Crippen molar-refractivity contribution in [1.29, 1.82) is 0 Å². The lowest BCUT2D eigenvalue weighted by Crippen LogP contribution is -2.25. The number of hydrogen-bond donors (Lipinski definition) is 1. The van der Waals surface area contributed by atoms with E-state index in [0.717, 1.165) is 17.7 Å². The van der Waals surface area contributed by atoms with Crippen LogP contribution in [0.1, 0.15) is 36.6 Å². The number of nitrogens with zero attached hydrogens (tertiary/aromatic N) is 1. The van der Waals surface area contributed by atoms with Gasteiger partial charge in [0, 0.05) is 6.20 Å². The summed E-state index contributed by atoms with van der Waals surface area (Å²) < 4.78 is 0. The van der Waals surface area contributed by atoms with Crippen LogP contribution >= 0.6 is 11.6 Å². The van der Waals surface area contributed by atoms with E-state index in [4.69, 9.17) is 11.6 Å². The van der Waals surface area contributed by atoms with Crippen LogP contribution in [0.5, 0.6) is 0 Å². The van der Waals surface area contributed by atoms with Crippen LogP contribution in [0, 0.1) is 12.3 Å². The molecule has 1 aliphatic carbocycles. The predicted molar refractivity (Wildman–Crippen MR) is 84.3 cm³/mol. The summed E-state index contributed by atoms with van der Waals surface area (Å²) in [5.41, 5.74) is 5.04. The molecule has 1 aromatic carbocycles. The minimum Gasteiger partial charge on any atom is -0.375 e. The monoisotopic (exact) mass is 286 g/mol. The number of fused-ring (bicyclic) bond motifs is 1. The fourth-order valence-corrected chi connectivity index (χ4v) is 3.37. The number of pyridine rings is 1. The van der Waals surface area contributed by atoms with E-state index in [1.54, 1.807) is 6.20 Å². The Morgan fingerprint density at radius 2 is 2.00 bits per heavy atom. The number of halogens is 1. The molecule has 1 unspecified atom stereocenters. The van der Waals surface area contributed by atoms with Crippen LogP contribution in [-0.2, 0) is 6.42 Å². The zero-order valence-corrected chi connectivity index (χ0v) is 12.8. The number of aromatic nitrogens is 1. The first-order valence-corrected chi connectivity index (χ1v) is 7.32. The predicted octanol–water partition coefficient (Wildman–Crippen LogP) is 4.78. The van der Waals surface area contributed by atoms with Crippen LogP contribution in [0.3, 0.4) is 0 Å². The van der Waals surface area contributed by atoms with Crippen LogP contribution in [0.2, 0.25) is 5.15 Å². The van der Waals surface area contributed by atoms with Gasteiger partial charge < -0.3 is 5.32 Å². The van der Waals surface area contributed by atoms with Gasteiger partial charge in [-0.15, -0.1) is 0 Å². The summed E-state index contributed by atoms with van der Waals surface area (Å²) in [4.78, 5) is 4.19. The topological polar surface area (TPSA) is 24.9 Å². The highest BCUT2D eigenvalue weighted by atomic mass is 35.5. The zero-order chi connectivity index (χ0) is 14.3. The Kier molecular flexibility index (Phi) is 3.21. The molecule has 104 valence electrons. The van der Waals surface area contributed by atoms with Crippen molar-refractivity contribution in [2.45, 2.75) is 33.2 Å². The third-order valence-electron chi connectivity index (χ3n) is 4.20. The molecule has 0 spiro atoms. The third kappa shape index (κ3) is 2.18. The molecule has 0 aliphatic heterocycles. The Balaban J connectivity index is 2.02. The molecule has 0 radical (unpaired) electrons. The van der Waals surface area contributed by atoms with E-state index in [1.807, 2.05) is 6.07 Å². The molecule has 2 aromatic rings. The van der Waals surface area contributed by atoms with Crippen molar-refractivity contribution in [2.24, 2.45) is 5.41 Å². The molecule has 1 aliphatic rings. The molecule has 3 heteroatoms. The van der Waals surface area contributed by atoms with Gasteiger partial charge in [0.1, 0.15) is 0 Å². The van der Waals surface area contributed by atoms with Crippen LogP contribution in [-0.4, -0.2) is 4.98 Å². The van der Waals surface area contributed by atoms with Gasteiger partial charge in [0.25, 0.3) is 0 Å². The van der Waals surface area contributed by atoms with Gasteiger partial charge in [-0.05, 0) is 41.5 Å². The largest absolute Gasteiger partial charge is 0.375 e. The smallest absolute Gasteiger partial charge is 0.152 e. The second kappa shape index (κ2) is 4.78. The Morgan fingerprint density at radius 1 is 1.25 bits per heavy atom. The highest BCUT2D eigenvalue weighted by Gasteiger charge is 2.39. The van der Waals surface area contributed by atoms with Gasteiger partial charge in [-0.2, -0.15) is 0 Å². The Hall–Kier alpha value is -1.54. The maximum atomic E-state index is 6.25. The van der Waals surface area contributed by atoms with Crippen LogP contribution in [0.25, 0.3) is 0 Å². The highest BCUT2D eigenvalue weighted by Crippen LogP contribution is 2.47. The maximum Gasteiger partial charge on any atom is 0.152 e. The summed E-state index contributed by atoms with van der Waals surface area (Å²) in [7, 11) is 0. The molecule has 1 aromatic heterocycles. The van der Waals surface area contributed by atoms with Crippen LogP contribution in [0.15, 0.2) is 36.5 Å². The molecule has 1 atom stereocenters. The van der Waals surface area contributed by atoms with Crippen molar-refractivity contribution >= 4 is 17.3 Å². The molecule has 1 N–H and O–H groups in total. The van der Waals surface area contributed by atoms with Crippen molar-refractivity contribution < 1.29 is 0 Å². The first-order chi connectivity index (χ1) is 9.49. The quantitative estimate of drug-likeness (QED) is 0.804. The van der Waals surface area contributed by atoms with Crippen molar-refractivity contribution in [2.75, 3.05) is 5.32 Å². The molecule has 1 heterocycles. The van der Waals surface area contributed by atoms with Crippen molar-refractivity contribution in [3.05, 3.63) is 58.4 Å². The number of rotatable bonds is 2. The summed E-state index contributed by atoms with van der Waals surface area (Å²) >= 11 is 6.25. The normalized spacial score (nSPS) is 19.7. The first kappa shape index (κ1) is 13.4. The van der Waals surface area contributed by atoms with Crippen LogP contribution < -0.4 is 5.32 Å². The molecule has 2 nitrogen and oxygen atoms in total. The summed E-state index contributed by atoms with van der Waals surface area (Å²) in [6.45, 7) is 6.65. The minimum atomic E-state index is 0.162. The molecule has 0 saturated carbocycles. The van der Waals surface area contributed by atoms with Crippen molar-refractivity contribution in [1.82, 2.24) is 4.98 Å². The Morgan fingerprint density at radius 3 is 2.75 bits per heavy atom. The second-order valence-electron chi connectivity index (χ2n) is 6.24. The number of nitrogens with one attached hydrogen (secondary N) is 1. The molecular formula is C17H19ClN2. The molecule has 0 amide bonds. The van der Waals surface area contributed by atoms with Gasteiger partial charge in [0.05, 0.1) is 11.7 Å². The molecule has 20 heavy (non-hydrogen) atoms. The molecular weight excluding hydrogens is 268 g/mol. The first-order valence-electron chi connectivity index (χ1n) is 6.94. The zero-order valence-electron chi connectivity index (χ0n) is 12.1. The second-order valence-corrected chi connectivity index (χ2v) is 6.59. The molecule has 0 bridgehead atoms. The van der Waals surface area contributed by atoms with Gasteiger partial charge in [-0.1, -0.05) is 49.7 Å². The van der Waals surface area contributed by atoms with Gasteiger partial charge in [0.2, 0.25) is 0 Å². The van der Waals surface area contributed by atoms with Crippen LogP contribution in [0.4, 0.5) is 5.69 Å². The lowest BCUT2D eigenvalue weighted by atomic mass is 9.85. The molecule has 0 saturated heterocycles. The summed E-state index contributed by atoms with van der Waals surface area (Å²) in [5, 5.41) is 4.18. The highest BCUT2D eigenvalue weighted by molar-refractivity contribution is 6.32. The van der Waals surface area contributed by atoms with Gasteiger partial charge in [-0.25, -0.2) is 4.98 Å². The van der Waals surface area contributed by atoms with E-state index >= 15 is 0 Å². The number of aryl methyl sites for hydroxylation is 1. The third-order valence-corrected chi connectivity index (χ3v) is 4.48. The Labute approximate surface area is 125 Å². The fourth-order valence-electron chi connectivity index (χ4n) is 3.11. The minimum absolute atomic E-state index is 0.162. The fraction of sp³-hybridized carbons (Fsp3) is 0.353. The SMILES string of the molecule is Cc1ccnc(Cl)c1NC1c2ccccc2CC1(C)C. The number of benzene rings is 1. The van der Waals surface area contributed by atoms with E-state index in [9.17, 15) is 0 Å². The van der Waals surface area contributed by atoms with E-state index in [2.05, 4.69) is 55.3 Å². The average Bonchev–Trinajstić information content (AvgIpc) is 2.64. The van der Waals surface area contributed by atoms with E-state index < -0.39 is 0 Å². The standard InChI is InChI=1S/C17H19ClN2/c1-11-8-9-19-16(18)14(11)20-15-13-7-5-4-6-12(13)10-17(15,2)3/h4-9,15,20H,10H2,1-3H3. The van der Waals surface area contributed by atoms with Crippen molar-refractivity contribution in [3.8, 4) is 0 Å². The lowest BCUT2D eigenvalue weighted by Gasteiger charge is -2.30. The maximum absolute atomic E-state index is 6.25. The summed E-state index contributed by atoms with van der Waals surface area (Å²) in [6.07, 6.45) is 2.83. The molecule has 3 rings (SSSR count). The van der Waals surface area contributed by atoms with E-state index in [0.29, 0.717) is 5.15 Å². The van der Waals surface area contributed by atoms with Gasteiger partial charge >= 0.3 is 0 Å². The number of anilines is 1. The lowest BCUT2D eigenvalue weighted by molar-refractivity contribution is 0.337. The number of hydrogen-bond acceptors (Lipinski definition) is 2. The van der Waals surface area contributed by atoms with E-state index in [1.165, 1.54) is 11.1 Å². The average molecular weight is 287 g/mol. The van der Waals surface area contributed by atoms with Gasteiger partial charge in [0.15, 0.2) is 5.15 Å². The van der Waals surface area contributed by atoms with E-state index in [-0.39, 0.29) is 11.5 Å². The van der Waals surface area contributed by atoms with Crippen molar-refractivity contribution in [3.63, 3.8) is 0 Å². The molecule has 0 fully saturated rings. The van der Waals surface area contributed by atoms with Gasteiger partial charge in [-0.3, -0.25) is 0 Å². The summed E-state index contributed by atoms with van der Waals surface area (Å²) in [6, 6.07) is 10.9. The summed E-state index contributed by atoms with van der Waals surface area (Å²) in [5.74, 6) is 0.